The number of aryl methyl sites for hydroxylation is 1. The molecule has 1 N–H and O–H groups in total. The number of hydrogen-bond donors (Lipinski definition) is 1. The molecule has 0 aliphatic heterocycles. The van der Waals surface area contributed by atoms with Crippen molar-refractivity contribution in [2.45, 2.75) is 45.4 Å². The Kier molecular flexibility index (Phi) is 3.96. The van der Waals surface area contributed by atoms with E-state index in [1.165, 1.54) is 11.1 Å². The molecule has 0 atom stereocenters. The van der Waals surface area contributed by atoms with Crippen LogP contribution in [0.1, 0.15) is 54.4 Å². The summed E-state index contributed by atoms with van der Waals surface area (Å²) in [6.07, 6.45) is 2.77. The molecule has 122 valence electrons. The normalized spacial score (nSPS) is 15.5. The maximum atomic E-state index is 12.9. The standard InChI is InChI=1S/C18H22ClN3O/c1-5-13-15(16(19)21-20-13)17(23)22(4)14-8-6-7-12-11(14)9-10-18(12,2)3/h6-8H,5,9-10H2,1-4H3,(H,20,21). The van der Waals surface area contributed by atoms with Gasteiger partial charge in [0.25, 0.3) is 5.91 Å². The quantitative estimate of drug-likeness (QED) is 0.919. The second-order valence-corrected chi connectivity index (χ2v) is 7.14. The van der Waals surface area contributed by atoms with Crippen LogP contribution in [-0.4, -0.2) is 23.2 Å². The highest BCUT2D eigenvalue weighted by Gasteiger charge is 2.33. The zero-order valence-corrected chi connectivity index (χ0v) is 14.8. The maximum absolute atomic E-state index is 12.9. The zero-order chi connectivity index (χ0) is 16.8. The van der Waals surface area contributed by atoms with Crippen LogP contribution in [0.15, 0.2) is 18.2 Å². The van der Waals surface area contributed by atoms with E-state index >= 15 is 0 Å². The number of benzene rings is 1. The van der Waals surface area contributed by atoms with Crippen molar-refractivity contribution in [3.05, 3.63) is 45.7 Å². The van der Waals surface area contributed by atoms with E-state index in [2.05, 4.69) is 30.1 Å². The van der Waals surface area contributed by atoms with Crippen LogP contribution in [0, 0.1) is 0 Å². The van der Waals surface area contributed by atoms with Crippen molar-refractivity contribution < 1.29 is 4.79 Å². The average molecular weight is 332 g/mol. The highest BCUT2D eigenvalue weighted by molar-refractivity contribution is 6.33. The number of nitrogens with one attached hydrogen (secondary N) is 1. The topological polar surface area (TPSA) is 49.0 Å². The molecular weight excluding hydrogens is 310 g/mol. The Morgan fingerprint density at radius 3 is 2.87 bits per heavy atom. The predicted molar refractivity (Wildman–Crippen MR) is 93.5 cm³/mol. The number of halogens is 1. The molecule has 1 aromatic carbocycles. The molecule has 0 spiro atoms. The van der Waals surface area contributed by atoms with Crippen molar-refractivity contribution in [3.8, 4) is 0 Å². The Bertz CT molecular complexity index is 764. The van der Waals surface area contributed by atoms with Crippen LogP contribution in [-0.2, 0) is 18.3 Å². The van der Waals surface area contributed by atoms with E-state index in [4.69, 9.17) is 11.6 Å². The number of aromatic nitrogens is 2. The number of aromatic amines is 1. The molecular formula is C18H22ClN3O. The summed E-state index contributed by atoms with van der Waals surface area (Å²) in [6.45, 7) is 6.48. The summed E-state index contributed by atoms with van der Waals surface area (Å²) in [5.41, 5.74) is 4.93. The van der Waals surface area contributed by atoms with Gasteiger partial charge in [-0.25, -0.2) is 0 Å². The van der Waals surface area contributed by atoms with Crippen molar-refractivity contribution in [3.63, 3.8) is 0 Å². The fourth-order valence-electron chi connectivity index (χ4n) is 3.46. The highest BCUT2D eigenvalue weighted by Crippen LogP contribution is 2.42. The molecule has 3 rings (SSSR count). The van der Waals surface area contributed by atoms with Crippen LogP contribution in [0.25, 0.3) is 0 Å². The Morgan fingerprint density at radius 1 is 1.43 bits per heavy atom. The fraction of sp³-hybridized carbons (Fsp3) is 0.444. The number of carbonyl (C=O) groups is 1. The molecule has 1 amide bonds. The summed E-state index contributed by atoms with van der Waals surface area (Å²) in [7, 11) is 1.81. The summed E-state index contributed by atoms with van der Waals surface area (Å²) in [4.78, 5) is 14.7. The Morgan fingerprint density at radius 2 is 2.17 bits per heavy atom. The average Bonchev–Trinajstić information content (AvgIpc) is 3.06. The molecule has 2 aromatic rings. The number of nitrogens with zero attached hydrogens (tertiary/aromatic N) is 2. The van der Waals surface area contributed by atoms with Gasteiger partial charge in [-0.2, -0.15) is 5.10 Å². The van der Waals surface area contributed by atoms with Gasteiger partial charge < -0.3 is 4.90 Å². The van der Waals surface area contributed by atoms with E-state index in [1.54, 1.807) is 4.90 Å². The lowest BCUT2D eigenvalue weighted by Crippen LogP contribution is -2.28. The lowest BCUT2D eigenvalue weighted by molar-refractivity contribution is 0.0992. The van der Waals surface area contributed by atoms with Crippen molar-refractivity contribution >= 4 is 23.2 Å². The molecule has 4 nitrogen and oxygen atoms in total. The first kappa shape index (κ1) is 16.1. The van der Waals surface area contributed by atoms with Crippen LogP contribution in [0.4, 0.5) is 5.69 Å². The molecule has 0 unspecified atom stereocenters. The smallest absolute Gasteiger partial charge is 0.263 e. The van der Waals surface area contributed by atoms with E-state index < -0.39 is 0 Å². The number of anilines is 1. The first-order chi connectivity index (χ1) is 10.9. The van der Waals surface area contributed by atoms with E-state index in [-0.39, 0.29) is 11.3 Å². The molecule has 23 heavy (non-hydrogen) atoms. The third-order valence-corrected chi connectivity index (χ3v) is 5.17. The lowest BCUT2D eigenvalue weighted by atomic mass is 9.86. The van der Waals surface area contributed by atoms with Crippen LogP contribution in [0.5, 0.6) is 0 Å². The molecule has 1 heterocycles. The number of hydrogen-bond acceptors (Lipinski definition) is 2. The molecule has 1 aliphatic carbocycles. The monoisotopic (exact) mass is 331 g/mol. The molecule has 0 radical (unpaired) electrons. The number of carbonyl (C=O) groups excluding carboxylic acids is 1. The Hall–Kier alpha value is -1.81. The lowest BCUT2D eigenvalue weighted by Gasteiger charge is -2.23. The van der Waals surface area contributed by atoms with Crippen LogP contribution in [0.2, 0.25) is 5.15 Å². The van der Waals surface area contributed by atoms with Crippen LogP contribution >= 0.6 is 11.6 Å². The second-order valence-electron chi connectivity index (χ2n) is 6.76. The van der Waals surface area contributed by atoms with Gasteiger partial charge in [-0.15, -0.1) is 0 Å². The van der Waals surface area contributed by atoms with Gasteiger partial charge in [0.2, 0.25) is 0 Å². The van der Waals surface area contributed by atoms with Crippen molar-refractivity contribution in [2.75, 3.05) is 11.9 Å². The SMILES string of the molecule is CCc1n[nH]c(Cl)c1C(=O)N(C)c1cccc2c1CCC2(C)C. The minimum atomic E-state index is -0.112. The maximum Gasteiger partial charge on any atom is 0.263 e. The van der Waals surface area contributed by atoms with Gasteiger partial charge in [-0.3, -0.25) is 9.89 Å². The zero-order valence-electron chi connectivity index (χ0n) is 14.0. The number of H-pyrrole nitrogens is 1. The number of rotatable bonds is 3. The number of amides is 1. The predicted octanol–water partition coefficient (Wildman–Crippen LogP) is 4.13. The van der Waals surface area contributed by atoms with E-state index in [1.807, 2.05) is 26.1 Å². The molecule has 0 saturated heterocycles. The van der Waals surface area contributed by atoms with Gasteiger partial charge >= 0.3 is 0 Å². The molecule has 1 aromatic heterocycles. The summed E-state index contributed by atoms with van der Waals surface area (Å²) in [5, 5.41) is 7.14. The minimum Gasteiger partial charge on any atom is -0.311 e. The Balaban J connectivity index is 2.02. The van der Waals surface area contributed by atoms with E-state index in [0.717, 1.165) is 18.5 Å². The molecule has 0 saturated carbocycles. The van der Waals surface area contributed by atoms with Gasteiger partial charge in [0.15, 0.2) is 0 Å². The van der Waals surface area contributed by atoms with Gasteiger partial charge in [-0.05, 0) is 41.9 Å². The first-order valence-corrected chi connectivity index (χ1v) is 8.37. The third-order valence-electron chi connectivity index (χ3n) is 4.89. The minimum absolute atomic E-state index is 0.112. The largest absolute Gasteiger partial charge is 0.311 e. The van der Waals surface area contributed by atoms with Gasteiger partial charge in [-0.1, -0.05) is 44.5 Å². The van der Waals surface area contributed by atoms with Crippen molar-refractivity contribution in [1.82, 2.24) is 10.2 Å². The summed E-state index contributed by atoms with van der Waals surface area (Å²) in [6, 6.07) is 6.22. The summed E-state index contributed by atoms with van der Waals surface area (Å²) in [5.74, 6) is -0.112. The van der Waals surface area contributed by atoms with Gasteiger partial charge in [0, 0.05) is 12.7 Å². The van der Waals surface area contributed by atoms with Gasteiger partial charge in [0.05, 0.1) is 11.3 Å². The van der Waals surface area contributed by atoms with Crippen LogP contribution < -0.4 is 4.90 Å². The van der Waals surface area contributed by atoms with Crippen molar-refractivity contribution in [1.29, 1.82) is 0 Å². The van der Waals surface area contributed by atoms with Crippen LogP contribution in [0.3, 0.4) is 0 Å². The summed E-state index contributed by atoms with van der Waals surface area (Å²) >= 11 is 6.15. The molecule has 0 fully saturated rings. The van der Waals surface area contributed by atoms with Crippen molar-refractivity contribution in [2.24, 2.45) is 0 Å². The summed E-state index contributed by atoms with van der Waals surface area (Å²) < 4.78 is 0. The first-order valence-electron chi connectivity index (χ1n) is 8.00. The number of fused-ring (bicyclic) bond motifs is 1. The third kappa shape index (κ3) is 2.55. The molecule has 5 heteroatoms. The van der Waals surface area contributed by atoms with Gasteiger partial charge in [0.1, 0.15) is 5.15 Å². The fourth-order valence-corrected chi connectivity index (χ4v) is 3.70. The van der Waals surface area contributed by atoms with E-state index in [9.17, 15) is 4.79 Å². The molecule has 1 aliphatic rings. The molecule has 0 bridgehead atoms. The van der Waals surface area contributed by atoms with E-state index in [0.29, 0.717) is 22.8 Å². The Labute approximate surface area is 141 Å². The highest BCUT2D eigenvalue weighted by atomic mass is 35.5. The second kappa shape index (κ2) is 5.68.